The van der Waals surface area contributed by atoms with Crippen molar-refractivity contribution in [1.82, 2.24) is 9.88 Å². The zero-order valence-electron chi connectivity index (χ0n) is 19.8. The summed E-state index contributed by atoms with van der Waals surface area (Å²) in [6.07, 6.45) is -4.00. The first-order valence-electron chi connectivity index (χ1n) is 11.0. The molecule has 1 amide bonds. The van der Waals surface area contributed by atoms with Crippen LogP contribution in [0.25, 0.3) is 12.2 Å². The van der Waals surface area contributed by atoms with E-state index in [1.807, 2.05) is 6.92 Å². The number of carbonyl (C=O) groups is 2. The fourth-order valence-electron chi connectivity index (χ4n) is 3.29. The van der Waals surface area contributed by atoms with Crippen molar-refractivity contribution in [2.75, 3.05) is 19.7 Å². The summed E-state index contributed by atoms with van der Waals surface area (Å²) in [5, 5.41) is 7.12. The number of amides is 1. The molecule has 1 aliphatic heterocycles. The number of aromatic nitrogens is 1. The summed E-state index contributed by atoms with van der Waals surface area (Å²) in [4.78, 5) is 27.5. The van der Waals surface area contributed by atoms with Gasteiger partial charge in [-0.2, -0.15) is 13.2 Å². The Morgan fingerprint density at radius 3 is 2.41 bits per heavy atom. The quantitative estimate of drug-likeness (QED) is 0.489. The average molecular weight is 528 g/mol. The molecule has 0 saturated carbocycles. The predicted octanol–water partition coefficient (Wildman–Crippen LogP) is 5.33. The topological polar surface area (TPSA) is 89.0 Å². The second-order valence-electron chi connectivity index (χ2n) is 7.63. The van der Waals surface area contributed by atoms with Crippen molar-refractivity contribution in [3.05, 3.63) is 66.4 Å². The Bertz CT molecular complexity index is 1140. The van der Waals surface area contributed by atoms with Gasteiger partial charge in [-0.3, -0.25) is 4.79 Å². The van der Waals surface area contributed by atoms with Crippen LogP contribution in [0.1, 0.15) is 35.0 Å². The number of carbonyl (C=O) groups excluding carboxylic acids is 1. The number of alkyl halides is 5. The van der Waals surface area contributed by atoms with Crippen LogP contribution in [-0.2, 0) is 4.79 Å². The van der Waals surface area contributed by atoms with Crippen molar-refractivity contribution < 1.29 is 46.1 Å². The van der Waals surface area contributed by atoms with E-state index >= 15 is 0 Å². The third-order valence-corrected chi connectivity index (χ3v) is 5.13. The molecule has 0 aliphatic carbocycles. The van der Waals surface area contributed by atoms with Crippen LogP contribution in [0.3, 0.4) is 0 Å². The maximum absolute atomic E-state index is 14.6. The molecule has 1 aromatic carbocycles. The Morgan fingerprint density at radius 2 is 1.84 bits per heavy atom. The van der Waals surface area contributed by atoms with Crippen molar-refractivity contribution in [2.24, 2.45) is 0 Å². The van der Waals surface area contributed by atoms with Gasteiger partial charge in [0.15, 0.2) is 6.10 Å². The van der Waals surface area contributed by atoms with E-state index < -0.39 is 30.6 Å². The highest BCUT2D eigenvalue weighted by Crippen LogP contribution is 2.33. The number of ether oxygens (including phenoxy) is 2. The van der Waals surface area contributed by atoms with Gasteiger partial charge in [0.05, 0.1) is 24.4 Å². The molecular weight excluding hydrogens is 503 g/mol. The van der Waals surface area contributed by atoms with Gasteiger partial charge in [0.25, 0.3) is 11.8 Å². The number of benzene rings is 1. The number of nitrogens with zero attached hydrogens (tertiary/aromatic N) is 2. The van der Waals surface area contributed by atoms with E-state index in [2.05, 4.69) is 18.1 Å². The van der Waals surface area contributed by atoms with E-state index in [9.17, 15) is 26.7 Å². The van der Waals surface area contributed by atoms with Gasteiger partial charge in [-0.05, 0) is 36.8 Å². The molecule has 7 nitrogen and oxygen atoms in total. The Kier molecular flexibility index (Phi) is 9.75. The fourth-order valence-corrected chi connectivity index (χ4v) is 3.29. The molecule has 1 saturated heterocycles. The van der Waals surface area contributed by atoms with Gasteiger partial charge in [-0.15, -0.1) is 0 Å². The highest BCUT2D eigenvalue weighted by Gasteiger charge is 2.47. The zero-order valence-corrected chi connectivity index (χ0v) is 19.8. The number of carboxylic acids is 1. The lowest BCUT2D eigenvalue weighted by Crippen LogP contribution is -2.55. The van der Waals surface area contributed by atoms with Crippen LogP contribution in [0.15, 0.2) is 49.6 Å². The summed E-state index contributed by atoms with van der Waals surface area (Å²) < 4.78 is 71.9. The predicted molar refractivity (Wildman–Crippen MR) is 126 cm³/mol. The summed E-state index contributed by atoms with van der Waals surface area (Å²) >= 11 is 0. The van der Waals surface area contributed by atoms with E-state index in [0.717, 1.165) is 5.56 Å². The van der Waals surface area contributed by atoms with Crippen LogP contribution in [0.4, 0.5) is 22.0 Å². The van der Waals surface area contributed by atoms with Crippen LogP contribution in [0.5, 0.6) is 11.6 Å². The minimum absolute atomic E-state index is 0.0455. The van der Waals surface area contributed by atoms with Crippen molar-refractivity contribution in [3.8, 4) is 11.6 Å². The first kappa shape index (κ1) is 29.3. The minimum atomic E-state index is -5.08. The highest BCUT2D eigenvalue weighted by molar-refractivity contribution is 5.97. The number of para-hydroxylation sites is 1. The molecule has 1 aliphatic rings. The van der Waals surface area contributed by atoms with Crippen LogP contribution in [0.2, 0.25) is 0 Å². The largest absolute Gasteiger partial charge is 0.493 e. The Labute approximate surface area is 209 Å². The number of piperidine rings is 1. The molecular formula is C25H25F5N2O5. The van der Waals surface area contributed by atoms with E-state index in [-0.39, 0.29) is 24.9 Å². The molecule has 1 atom stereocenters. The Morgan fingerprint density at radius 1 is 1.19 bits per heavy atom. The number of likely N-dealkylation sites (tertiary alicyclic amines) is 1. The van der Waals surface area contributed by atoms with Crippen LogP contribution < -0.4 is 9.47 Å². The van der Waals surface area contributed by atoms with Crippen molar-refractivity contribution in [2.45, 2.75) is 31.5 Å². The first-order valence-corrected chi connectivity index (χ1v) is 11.0. The molecule has 12 heteroatoms. The number of hydrogen-bond acceptors (Lipinski definition) is 5. The monoisotopic (exact) mass is 528 g/mol. The molecule has 1 N–H and O–H groups in total. The molecule has 200 valence electrons. The fraction of sp³-hybridized carbons (Fsp3) is 0.320. The van der Waals surface area contributed by atoms with Crippen molar-refractivity contribution >= 4 is 24.0 Å². The molecule has 3 rings (SSSR count). The van der Waals surface area contributed by atoms with Crippen molar-refractivity contribution in [1.29, 1.82) is 0 Å². The summed E-state index contributed by atoms with van der Waals surface area (Å²) in [6, 6.07) is 9.96. The maximum Gasteiger partial charge on any atom is 0.490 e. The number of rotatable bonds is 7. The summed E-state index contributed by atoms with van der Waals surface area (Å²) in [5.74, 6) is -5.75. The SMILES string of the molecule is C=Cc1ccc(OC2CN(C(=O)c3ccccc3OCC)CCC2(F)F)nc1C=C.O=C(O)C(F)(F)F. The molecule has 0 bridgehead atoms. The average Bonchev–Trinajstić information content (AvgIpc) is 2.85. The van der Waals surface area contributed by atoms with Crippen LogP contribution in [0, 0.1) is 0 Å². The maximum atomic E-state index is 14.6. The van der Waals surface area contributed by atoms with Crippen LogP contribution >= 0.6 is 0 Å². The number of carboxylic acid groups (broad SMARTS) is 1. The molecule has 0 radical (unpaired) electrons. The van der Waals surface area contributed by atoms with Crippen molar-refractivity contribution in [3.63, 3.8) is 0 Å². The molecule has 1 aromatic heterocycles. The normalized spacial score (nSPS) is 16.6. The number of aliphatic carboxylic acids is 1. The minimum Gasteiger partial charge on any atom is -0.493 e. The van der Waals surface area contributed by atoms with Gasteiger partial charge in [-0.1, -0.05) is 31.4 Å². The van der Waals surface area contributed by atoms with Gasteiger partial charge in [0.2, 0.25) is 5.88 Å². The molecule has 1 unspecified atom stereocenters. The smallest absolute Gasteiger partial charge is 0.490 e. The summed E-state index contributed by atoms with van der Waals surface area (Å²) in [6.45, 7) is 9.22. The third kappa shape index (κ3) is 7.76. The van der Waals surface area contributed by atoms with E-state index in [0.29, 0.717) is 23.6 Å². The third-order valence-electron chi connectivity index (χ3n) is 5.13. The van der Waals surface area contributed by atoms with E-state index in [1.165, 1.54) is 17.0 Å². The van der Waals surface area contributed by atoms with Gasteiger partial charge in [0.1, 0.15) is 5.75 Å². The van der Waals surface area contributed by atoms with Gasteiger partial charge < -0.3 is 19.5 Å². The summed E-state index contributed by atoms with van der Waals surface area (Å²) in [5.41, 5.74) is 1.54. The second-order valence-corrected chi connectivity index (χ2v) is 7.63. The van der Waals surface area contributed by atoms with E-state index in [1.54, 1.807) is 36.4 Å². The first-order chi connectivity index (χ1) is 17.3. The molecule has 1 fully saturated rings. The molecule has 0 spiro atoms. The Balaban J connectivity index is 0.000000604. The van der Waals surface area contributed by atoms with Gasteiger partial charge in [-0.25, -0.2) is 18.6 Å². The highest BCUT2D eigenvalue weighted by atomic mass is 19.4. The number of hydrogen-bond donors (Lipinski definition) is 1. The van der Waals surface area contributed by atoms with Crippen LogP contribution in [-0.4, -0.2) is 64.8 Å². The number of halogens is 5. The number of pyridine rings is 1. The zero-order chi connectivity index (χ0) is 27.8. The second kappa shape index (κ2) is 12.3. The summed E-state index contributed by atoms with van der Waals surface area (Å²) in [7, 11) is 0. The molecule has 2 aromatic rings. The lowest BCUT2D eigenvalue weighted by atomic mass is 10.0. The Hall–Kier alpha value is -3.96. The van der Waals surface area contributed by atoms with Gasteiger partial charge >= 0.3 is 12.1 Å². The standard InChI is InChI=1S/C23H24F2N2O3.C2HF3O2/c1-4-16-11-12-21(26-18(16)5-2)30-20-15-27(14-13-23(20,24)25)22(28)17-9-7-8-10-19(17)29-6-3;3-2(4,5)1(6)7/h4-5,7-12,20H,1-2,6,13-15H2,3H3;(H,6,7). The lowest BCUT2D eigenvalue weighted by molar-refractivity contribution is -0.192. The van der Waals surface area contributed by atoms with Gasteiger partial charge in [0, 0.05) is 19.0 Å². The molecule has 37 heavy (non-hydrogen) atoms. The lowest BCUT2D eigenvalue weighted by Gasteiger charge is -2.38. The van der Waals surface area contributed by atoms with E-state index in [4.69, 9.17) is 19.4 Å². The molecule has 2 heterocycles.